The molecule has 0 bridgehead atoms. The number of carbonyl (C=O) groups is 2. The zero-order valence-electron chi connectivity index (χ0n) is 20.6. The van der Waals surface area contributed by atoms with Gasteiger partial charge in [0.1, 0.15) is 17.6 Å². The van der Waals surface area contributed by atoms with Crippen molar-refractivity contribution in [2.45, 2.75) is 19.9 Å². The molecule has 0 aromatic heterocycles. The van der Waals surface area contributed by atoms with Gasteiger partial charge in [-0.25, -0.2) is 9.18 Å². The van der Waals surface area contributed by atoms with E-state index in [0.717, 1.165) is 21.7 Å². The molecule has 0 aliphatic carbocycles. The minimum atomic E-state index is -0.624. The van der Waals surface area contributed by atoms with Crippen LogP contribution in [0.4, 0.5) is 14.9 Å². The number of rotatable bonds is 5. The third-order valence-electron chi connectivity index (χ3n) is 6.41. The molecule has 2 heterocycles. The van der Waals surface area contributed by atoms with Crippen molar-refractivity contribution < 1.29 is 18.7 Å². The molecule has 2 aliphatic heterocycles. The van der Waals surface area contributed by atoms with Crippen molar-refractivity contribution in [3.8, 4) is 17.6 Å². The third-order valence-corrected chi connectivity index (χ3v) is 6.97. The van der Waals surface area contributed by atoms with E-state index in [-0.39, 0.29) is 44.6 Å². The highest BCUT2D eigenvalue weighted by molar-refractivity contribution is 6.37. The number of ether oxygens (including phenoxy) is 1. The molecular weight excluding hydrogens is 544 g/mol. The fourth-order valence-electron chi connectivity index (χ4n) is 4.34. The van der Waals surface area contributed by atoms with Crippen LogP contribution in [0.25, 0.3) is 0 Å². The Hall–Kier alpha value is -4.39. The molecule has 5 rings (SSSR count). The molecule has 39 heavy (non-hydrogen) atoms. The minimum Gasteiger partial charge on any atom is -0.454 e. The number of hydrazone groups is 1. The van der Waals surface area contributed by atoms with E-state index in [1.165, 1.54) is 24.3 Å². The normalized spacial score (nSPS) is 14.9. The van der Waals surface area contributed by atoms with Crippen LogP contribution in [-0.4, -0.2) is 29.1 Å². The van der Waals surface area contributed by atoms with E-state index in [1.807, 2.05) is 13.0 Å². The summed E-state index contributed by atoms with van der Waals surface area (Å²) in [6, 6.07) is 13.7. The summed E-state index contributed by atoms with van der Waals surface area (Å²) in [5, 5.41) is 16.8. The Kier molecular flexibility index (Phi) is 7.00. The van der Waals surface area contributed by atoms with Gasteiger partial charge in [-0.2, -0.15) is 15.4 Å². The number of urea groups is 1. The number of anilines is 1. The van der Waals surface area contributed by atoms with Gasteiger partial charge in [-0.1, -0.05) is 35.8 Å². The van der Waals surface area contributed by atoms with Gasteiger partial charge in [-0.3, -0.25) is 4.79 Å². The highest BCUT2D eigenvalue weighted by Crippen LogP contribution is 2.41. The van der Waals surface area contributed by atoms with Crippen molar-refractivity contribution in [3.63, 3.8) is 0 Å². The smallest absolute Gasteiger partial charge is 0.347 e. The summed E-state index contributed by atoms with van der Waals surface area (Å²) >= 11 is 12.9. The van der Waals surface area contributed by atoms with Gasteiger partial charge < -0.3 is 15.0 Å². The Balaban J connectivity index is 1.36. The Morgan fingerprint density at radius 2 is 1.90 bits per heavy atom. The predicted octanol–water partition coefficient (Wildman–Crippen LogP) is 6.35. The number of amides is 3. The second-order valence-corrected chi connectivity index (χ2v) is 9.80. The molecule has 0 atom stereocenters. The lowest BCUT2D eigenvalue weighted by Gasteiger charge is -2.29. The van der Waals surface area contributed by atoms with Crippen LogP contribution in [0.3, 0.4) is 0 Å². The number of aryl methyl sites for hydroxylation is 1. The van der Waals surface area contributed by atoms with Crippen LogP contribution in [0.1, 0.15) is 27.0 Å². The molecule has 0 spiro atoms. The molecule has 3 amide bonds. The number of nitrogens with one attached hydrogen (secondary N) is 1. The van der Waals surface area contributed by atoms with Crippen molar-refractivity contribution in [3.05, 3.63) is 98.9 Å². The Labute approximate surface area is 233 Å². The molecule has 11 heteroatoms. The number of fused-ring (bicyclic) bond motifs is 1. The number of benzene rings is 3. The van der Waals surface area contributed by atoms with Crippen molar-refractivity contribution in [1.29, 1.82) is 5.26 Å². The standard InChI is InChI=1S/C28H20Cl2FN5O3/c1-15-3-4-19(31)9-18(15)14-35-8-7-17-10-21(5-6-22(17)27(35)37)39-26-23(29)11-20(12-24(26)30)36-28(38)33-16(2)25(13-32)34-36/h3-6,9-12H,2,7-8,14H2,1H3,(H,33,38). The number of carbonyl (C=O) groups excluding carboxylic acids is 2. The summed E-state index contributed by atoms with van der Waals surface area (Å²) < 4.78 is 19.7. The number of hydrogen-bond acceptors (Lipinski definition) is 5. The molecule has 0 saturated heterocycles. The van der Waals surface area contributed by atoms with Gasteiger partial charge in [-0.15, -0.1) is 0 Å². The molecule has 1 N–H and O–H groups in total. The lowest BCUT2D eigenvalue weighted by molar-refractivity contribution is 0.0726. The molecule has 0 unspecified atom stereocenters. The summed E-state index contributed by atoms with van der Waals surface area (Å²) in [6.45, 7) is 6.26. The topological polar surface area (TPSA) is 98.0 Å². The van der Waals surface area contributed by atoms with E-state index >= 15 is 0 Å². The van der Waals surface area contributed by atoms with Crippen molar-refractivity contribution in [2.24, 2.45) is 5.10 Å². The van der Waals surface area contributed by atoms with Gasteiger partial charge in [0.15, 0.2) is 11.5 Å². The van der Waals surface area contributed by atoms with E-state index in [4.69, 9.17) is 27.9 Å². The molecular formula is C28H20Cl2FN5O3. The SMILES string of the molecule is C=C1NC(=O)N(c2cc(Cl)c(Oc3ccc4c(c3)CCN(Cc3cc(F)ccc3C)C4=O)c(Cl)c2)N=C1C#N. The van der Waals surface area contributed by atoms with Crippen molar-refractivity contribution >= 4 is 46.5 Å². The van der Waals surface area contributed by atoms with Gasteiger partial charge in [-0.05, 0) is 72.5 Å². The predicted molar refractivity (Wildman–Crippen MR) is 146 cm³/mol. The summed E-state index contributed by atoms with van der Waals surface area (Å²) in [4.78, 5) is 27.2. The lowest BCUT2D eigenvalue weighted by Crippen LogP contribution is -2.42. The van der Waals surface area contributed by atoms with Crippen LogP contribution in [0.5, 0.6) is 11.5 Å². The number of hydrogen-bond donors (Lipinski definition) is 1. The van der Waals surface area contributed by atoms with Crippen LogP contribution in [0, 0.1) is 24.1 Å². The minimum absolute atomic E-state index is 0.0598. The first-order valence-corrected chi connectivity index (χ1v) is 12.5. The first-order valence-electron chi connectivity index (χ1n) is 11.8. The Morgan fingerprint density at radius 1 is 1.15 bits per heavy atom. The first kappa shape index (κ1) is 26.2. The summed E-state index contributed by atoms with van der Waals surface area (Å²) in [6.07, 6.45) is 0.585. The van der Waals surface area contributed by atoms with Gasteiger partial charge in [0, 0.05) is 18.7 Å². The van der Waals surface area contributed by atoms with Crippen LogP contribution >= 0.6 is 23.2 Å². The van der Waals surface area contributed by atoms with E-state index in [9.17, 15) is 19.2 Å². The zero-order chi connectivity index (χ0) is 27.8. The summed E-state index contributed by atoms with van der Waals surface area (Å²) in [5.41, 5.74) is 3.28. The Morgan fingerprint density at radius 3 is 2.62 bits per heavy atom. The maximum Gasteiger partial charge on any atom is 0.347 e. The lowest BCUT2D eigenvalue weighted by atomic mass is 9.97. The highest BCUT2D eigenvalue weighted by atomic mass is 35.5. The fraction of sp³-hybridized carbons (Fsp3) is 0.143. The second-order valence-electron chi connectivity index (χ2n) is 8.99. The number of nitrogens with zero attached hydrogens (tertiary/aromatic N) is 4. The zero-order valence-corrected chi connectivity index (χ0v) is 22.1. The average molecular weight is 564 g/mol. The summed E-state index contributed by atoms with van der Waals surface area (Å²) in [5.74, 6) is 0.0898. The van der Waals surface area contributed by atoms with Crippen molar-refractivity contribution in [1.82, 2.24) is 10.2 Å². The number of allylic oxidation sites excluding steroid dienone is 1. The first-order chi connectivity index (χ1) is 18.6. The monoisotopic (exact) mass is 563 g/mol. The molecule has 0 saturated carbocycles. The van der Waals surface area contributed by atoms with Gasteiger partial charge in [0.25, 0.3) is 5.91 Å². The molecule has 2 aliphatic rings. The van der Waals surface area contributed by atoms with Crippen LogP contribution in [-0.2, 0) is 13.0 Å². The van der Waals surface area contributed by atoms with Gasteiger partial charge in [0.2, 0.25) is 0 Å². The average Bonchev–Trinajstić information content (AvgIpc) is 2.90. The maximum atomic E-state index is 13.7. The second kappa shape index (κ2) is 10.4. The molecule has 0 fully saturated rings. The largest absolute Gasteiger partial charge is 0.454 e. The quantitative estimate of drug-likeness (QED) is 0.390. The van der Waals surface area contributed by atoms with Crippen LogP contribution in [0.2, 0.25) is 10.0 Å². The van der Waals surface area contributed by atoms with E-state index in [1.54, 1.807) is 29.2 Å². The molecule has 3 aromatic rings. The van der Waals surface area contributed by atoms with E-state index < -0.39 is 6.03 Å². The molecule has 196 valence electrons. The molecule has 3 aromatic carbocycles. The number of nitriles is 1. The van der Waals surface area contributed by atoms with Crippen LogP contribution < -0.4 is 15.1 Å². The van der Waals surface area contributed by atoms with Gasteiger partial charge in [0.05, 0.1) is 21.4 Å². The molecule has 0 radical (unpaired) electrons. The highest BCUT2D eigenvalue weighted by Gasteiger charge is 2.27. The maximum absolute atomic E-state index is 13.7. The summed E-state index contributed by atoms with van der Waals surface area (Å²) in [7, 11) is 0. The fourth-order valence-corrected chi connectivity index (χ4v) is 4.89. The van der Waals surface area contributed by atoms with Gasteiger partial charge >= 0.3 is 6.03 Å². The third kappa shape index (κ3) is 5.17. The van der Waals surface area contributed by atoms with Crippen molar-refractivity contribution in [2.75, 3.05) is 11.6 Å². The molecule has 8 nitrogen and oxygen atoms in total. The number of halogens is 3. The van der Waals surface area contributed by atoms with E-state index in [0.29, 0.717) is 30.8 Å². The van der Waals surface area contributed by atoms with Crippen LogP contribution in [0.15, 0.2) is 65.9 Å². The van der Waals surface area contributed by atoms with E-state index in [2.05, 4.69) is 17.0 Å². The Bertz CT molecular complexity index is 1610.